The molecule has 0 fully saturated rings. The van der Waals surface area contributed by atoms with Gasteiger partial charge in [-0.1, -0.05) is 104 Å². The first-order valence-corrected chi connectivity index (χ1v) is 14.6. The fourth-order valence-corrected chi connectivity index (χ4v) is 4.94. The first-order chi connectivity index (χ1) is 20.4. The summed E-state index contributed by atoms with van der Waals surface area (Å²) in [6.07, 6.45) is 3.74. The van der Waals surface area contributed by atoms with Crippen LogP contribution in [0.25, 0.3) is 38.6 Å². The smallest absolute Gasteiger partial charge is 0.265 e. The van der Waals surface area contributed by atoms with Gasteiger partial charge in [0.25, 0.3) is 5.91 Å². The minimum absolute atomic E-state index is 0.280. The second kappa shape index (κ2) is 13.7. The molecule has 0 radical (unpaired) electrons. The van der Waals surface area contributed by atoms with Gasteiger partial charge < -0.3 is 0 Å². The lowest BCUT2D eigenvalue weighted by atomic mass is 10.1. The molecule has 3 aromatic heterocycles. The second-order valence-corrected chi connectivity index (χ2v) is 11.1. The molecule has 0 aliphatic heterocycles. The average Bonchev–Trinajstić information content (AvgIpc) is 3.47. The van der Waals surface area contributed by atoms with Gasteiger partial charge in [0.1, 0.15) is 5.15 Å². The van der Waals surface area contributed by atoms with Crippen molar-refractivity contribution in [1.29, 1.82) is 0 Å². The largest absolute Gasteiger partial charge is 0.290 e. The number of benzene rings is 4. The fraction of sp³-hybridized carbons (Fsp3) is 0. The summed E-state index contributed by atoms with van der Waals surface area (Å²) in [6.45, 7) is 0. The number of hydrogen-bond donors (Lipinski definition) is 2. The third kappa shape index (κ3) is 6.83. The summed E-state index contributed by atoms with van der Waals surface area (Å²) >= 11 is 12.5. The zero-order valence-electron chi connectivity index (χ0n) is 22.0. The number of hydrazine groups is 1. The number of nitrogens with two attached hydrogens (primary N) is 1. The highest BCUT2D eigenvalue weighted by atomic mass is 79.9. The van der Waals surface area contributed by atoms with Crippen LogP contribution >= 0.6 is 43.5 Å². The Balaban J connectivity index is 0.000000137. The standard InChI is InChI=1S/C16H10BrN3.C9H6ClN.C7H7BrN2O/c17-13-7-5-12(6-8-13)15-18-19-16-14-4-2-1-3-11(14)9-10-20(15)16;10-9-8-4-2-1-3-7(8)5-6-11-9;8-6-3-1-5(2-4-6)7(11)10-9/h1-10H;1-6H;1-4H,9H2,(H,10,11). The van der Waals surface area contributed by atoms with Crippen LogP contribution in [-0.4, -0.2) is 25.5 Å². The molecule has 7 aromatic rings. The van der Waals surface area contributed by atoms with Crippen molar-refractivity contribution in [2.45, 2.75) is 0 Å². The van der Waals surface area contributed by atoms with E-state index in [1.807, 2.05) is 82.8 Å². The number of nitrogen functional groups attached to an aromatic ring is 1. The number of halogens is 3. The molecule has 10 heteroatoms. The summed E-state index contributed by atoms with van der Waals surface area (Å²) in [4.78, 5) is 14.8. The van der Waals surface area contributed by atoms with Crippen LogP contribution in [0.2, 0.25) is 5.15 Å². The van der Waals surface area contributed by atoms with Crippen LogP contribution in [0.1, 0.15) is 10.4 Å². The maximum absolute atomic E-state index is 10.9. The molecular formula is C32H23Br2ClN6O. The quantitative estimate of drug-likeness (QED) is 0.0819. The van der Waals surface area contributed by atoms with Crippen LogP contribution in [0.3, 0.4) is 0 Å². The molecule has 3 N–H and O–H groups in total. The van der Waals surface area contributed by atoms with Gasteiger partial charge in [-0.2, -0.15) is 0 Å². The lowest BCUT2D eigenvalue weighted by molar-refractivity contribution is 0.0953. The van der Waals surface area contributed by atoms with Gasteiger partial charge in [-0.25, -0.2) is 10.8 Å². The third-order valence-corrected chi connectivity index (χ3v) is 7.62. The Morgan fingerprint density at radius 2 is 1.33 bits per heavy atom. The second-order valence-electron chi connectivity index (χ2n) is 8.93. The van der Waals surface area contributed by atoms with E-state index in [1.54, 1.807) is 30.5 Å². The summed E-state index contributed by atoms with van der Waals surface area (Å²) in [5.41, 5.74) is 4.54. The number of amides is 1. The fourth-order valence-electron chi connectivity index (χ4n) is 4.18. The number of carbonyl (C=O) groups excluding carboxylic acids is 1. The molecule has 0 bridgehead atoms. The highest BCUT2D eigenvalue weighted by Gasteiger charge is 2.10. The van der Waals surface area contributed by atoms with Gasteiger partial charge in [-0.3, -0.25) is 14.6 Å². The van der Waals surface area contributed by atoms with Crippen LogP contribution in [-0.2, 0) is 0 Å². The number of nitrogens with zero attached hydrogens (tertiary/aromatic N) is 4. The van der Waals surface area contributed by atoms with Crippen molar-refractivity contribution >= 4 is 76.6 Å². The van der Waals surface area contributed by atoms with E-state index in [0.717, 1.165) is 42.1 Å². The summed E-state index contributed by atoms with van der Waals surface area (Å²) in [5.74, 6) is 5.51. The number of rotatable bonds is 2. The number of hydrogen-bond acceptors (Lipinski definition) is 5. The number of aromatic nitrogens is 4. The molecule has 7 nitrogen and oxygen atoms in total. The number of pyridine rings is 2. The highest BCUT2D eigenvalue weighted by molar-refractivity contribution is 9.10. The van der Waals surface area contributed by atoms with Crippen LogP contribution in [0.5, 0.6) is 0 Å². The third-order valence-electron chi connectivity index (χ3n) is 6.27. The van der Waals surface area contributed by atoms with Crippen molar-refractivity contribution in [2.75, 3.05) is 0 Å². The summed E-state index contributed by atoms with van der Waals surface area (Å²) in [7, 11) is 0. The maximum Gasteiger partial charge on any atom is 0.265 e. The molecule has 1 amide bonds. The van der Waals surface area contributed by atoms with Gasteiger partial charge in [0, 0.05) is 43.2 Å². The van der Waals surface area contributed by atoms with Crippen molar-refractivity contribution in [2.24, 2.45) is 5.84 Å². The zero-order valence-corrected chi connectivity index (χ0v) is 25.9. The topological polar surface area (TPSA) is 98.2 Å². The lowest BCUT2D eigenvalue weighted by Gasteiger charge is -2.02. The van der Waals surface area contributed by atoms with Crippen molar-refractivity contribution in [3.8, 4) is 11.4 Å². The van der Waals surface area contributed by atoms with Gasteiger partial charge in [0.2, 0.25) is 0 Å². The normalized spacial score (nSPS) is 10.5. The predicted octanol–water partition coefficient (Wildman–Crippen LogP) is 8.25. The molecular weight excluding hydrogens is 680 g/mol. The van der Waals surface area contributed by atoms with E-state index in [1.165, 1.54) is 5.39 Å². The van der Waals surface area contributed by atoms with Crippen molar-refractivity contribution < 1.29 is 4.79 Å². The maximum atomic E-state index is 10.9. The number of carbonyl (C=O) groups is 1. The Hall–Kier alpha value is -4.15. The van der Waals surface area contributed by atoms with E-state index >= 15 is 0 Å². The van der Waals surface area contributed by atoms with Crippen molar-refractivity contribution in [3.63, 3.8) is 0 Å². The average molecular weight is 703 g/mol. The first kappa shape index (κ1) is 29.3. The molecule has 0 saturated heterocycles. The molecule has 0 aliphatic rings. The van der Waals surface area contributed by atoms with Crippen molar-refractivity contribution in [3.05, 3.63) is 141 Å². The Bertz CT molecular complexity index is 1970. The summed E-state index contributed by atoms with van der Waals surface area (Å²) < 4.78 is 4.03. The van der Waals surface area contributed by atoms with Crippen molar-refractivity contribution in [1.82, 2.24) is 25.0 Å². The number of nitrogens with one attached hydrogen (secondary N) is 1. The molecule has 7 rings (SSSR count). The lowest BCUT2D eigenvalue weighted by Crippen LogP contribution is -2.29. The van der Waals surface area contributed by atoms with E-state index in [-0.39, 0.29) is 5.91 Å². The van der Waals surface area contributed by atoms with Gasteiger partial charge in [0.15, 0.2) is 11.5 Å². The van der Waals surface area contributed by atoms with E-state index in [2.05, 4.69) is 65.2 Å². The zero-order chi connectivity index (χ0) is 29.5. The molecule has 4 aromatic carbocycles. The van der Waals surface area contributed by atoms with E-state index < -0.39 is 0 Å². The predicted molar refractivity (Wildman–Crippen MR) is 176 cm³/mol. The minimum atomic E-state index is -0.280. The molecule has 0 atom stereocenters. The molecule has 0 saturated carbocycles. The Morgan fingerprint density at radius 1 is 0.738 bits per heavy atom. The van der Waals surface area contributed by atoms with E-state index in [4.69, 9.17) is 17.4 Å². The Labute approximate surface area is 263 Å². The van der Waals surface area contributed by atoms with Crippen LogP contribution in [0.4, 0.5) is 0 Å². The monoisotopic (exact) mass is 700 g/mol. The number of fused-ring (bicyclic) bond motifs is 4. The van der Waals surface area contributed by atoms with Crippen LogP contribution < -0.4 is 11.3 Å². The van der Waals surface area contributed by atoms with Crippen LogP contribution in [0.15, 0.2) is 131 Å². The van der Waals surface area contributed by atoms with Gasteiger partial charge >= 0.3 is 0 Å². The van der Waals surface area contributed by atoms with Gasteiger partial charge in [-0.05, 0) is 59.3 Å². The molecule has 42 heavy (non-hydrogen) atoms. The SMILES string of the molecule is Brc1ccc(-c2nnc3c4ccccc4ccn23)cc1.Clc1nccc2ccccc12.NNC(=O)c1ccc(Br)cc1. The van der Waals surface area contributed by atoms with Crippen LogP contribution in [0, 0.1) is 0 Å². The molecule has 3 heterocycles. The molecule has 0 unspecified atom stereocenters. The Morgan fingerprint density at radius 3 is 1.98 bits per heavy atom. The van der Waals surface area contributed by atoms with E-state index in [0.29, 0.717) is 10.7 Å². The highest BCUT2D eigenvalue weighted by Crippen LogP contribution is 2.25. The van der Waals surface area contributed by atoms with Gasteiger partial charge in [0.05, 0.1) is 0 Å². The van der Waals surface area contributed by atoms with E-state index in [9.17, 15) is 4.79 Å². The molecule has 0 spiro atoms. The molecule has 208 valence electrons. The summed E-state index contributed by atoms with van der Waals surface area (Å²) in [6, 6.07) is 35.2. The first-order valence-electron chi connectivity index (χ1n) is 12.7. The summed E-state index contributed by atoms with van der Waals surface area (Å²) in [5, 5.41) is 13.7. The molecule has 0 aliphatic carbocycles. The van der Waals surface area contributed by atoms with Gasteiger partial charge in [-0.15, -0.1) is 10.2 Å². The minimum Gasteiger partial charge on any atom is -0.290 e. The Kier molecular flexibility index (Phi) is 9.55.